The van der Waals surface area contributed by atoms with E-state index >= 15 is 0 Å². The van der Waals surface area contributed by atoms with Crippen LogP contribution in [0.4, 0.5) is 8.78 Å². The van der Waals surface area contributed by atoms with Crippen LogP contribution >= 0.6 is 11.8 Å². The smallest absolute Gasteiger partial charge is 0.240 e. The maximum absolute atomic E-state index is 13.7. The molecule has 104 valence electrons. The lowest BCUT2D eigenvalue weighted by Crippen LogP contribution is -2.44. The van der Waals surface area contributed by atoms with Gasteiger partial charge in [0.2, 0.25) is 5.91 Å². The van der Waals surface area contributed by atoms with E-state index in [0.717, 1.165) is 24.1 Å². The number of carbonyl (C=O) groups excluding carboxylic acids is 1. The Morgan fingerprint density at radius 2 is 2.26 bits per heavy atom. The summed E-state index contributed by atoms with van der Waals surface area (Å²) >= 11 is 1.65. The van der Waals surface area contributed by atoms with Gasteiger partial charge in [-0.15, -0.1) is 11.8 Å². The first-order valence-electron chi connectivity index (χ1n) is 6.03. The number of amides is 1. The van der Waals surface area contributed by atoms with E-state index in [4.69, 9.17) is 0 Å². The minimum Gasteiger partial charge on any atom is -0.338 e. The molecule has 0 radical (unpaired) electrons. The minimum absolute atomic E-state index is 0.0961. The molecule has 1 aliphatic heterocycles. The van der Waals surface area contributed by atoms with Gasteiger partial charge in [0.15, 0.2) is 0 Å². The molecule has 0 aromatic heterocycles. The molecular weight excluding hydrogens is 270 g/mol. The highest BCUT2D eigenvalue weighted by Crippen LogP contribution is 2.24. The van der Waals surface area contributed by atoms with Crippen molar-refractivity contribution in [1.82, 2.24) is 10.2 Å². The first-order valence-corrected chi connectivity index (χ1v) is 7.19. The third kappa shape index (κ3) is 3.06. The summed E-state index contributed by atoms with van der Waals surface area (Å²) in [5, 5.41) is 3.07. The lowest BCUT2D eigenvalue weighted by Gasteiger charge is -2.28. The minimum atomic E-state index is -0.504. The molecule has 1 fully saturated rings. The van der Waals surface area contributed by atoms with Crippen molar-refractivity contribution in [3.63, 3.8) is 0 Å². The Hall–Kier alpha value is -1.14. The Bertz CT molecular complexity index is 478. The Labute approximate surface area is 115 Å². The van der Waals surface area contributed by atoms with Crippen LogP contribution in [0, 0.1) is 11.6 Å². The SMILES string of the molecule is CC(c1cc(F)ccc1F)N(C)C(=O)C1CSCN1. The van der Waals surface area contributed by atoms with Crippen molar-refractivity contribution in [1.29, 1.82) is 0 Å². The van der Waals surface area contributed by atoms with E-state index in [1.54, 1.807) is 25.7 Å². The molecule has 2 unspecified atom stereocenters. The van der Waals surface area contributed by atoms with E-state index < -0.39 is 17.7 Å². The summed E-state index contributed by atoms with van der Waals surface area (Å²) in [6.07, 6.45) is 0. The van der Waals surface area contributed by atoms with Crippen molar-refractivity contribution < 1.29 is 13.6 Å². The van der Waals surface area contributed by atoms with Crippen LogP contribution in [0.15, 0.2) is 18.2 Å². The number of carbonyl (C=O) groups is 1. The van der Waals surface area contributed by atoms with Gasteiger partial charge in [-0.2, -0.15) is 0 Å². The molecule has 1 N–H and O–H groups in total. The van der Waals surface area contributed by atoms with E-state index in [0.29, 0.717) is 5.75 Å². The van der Waals surface area contributed by atoms with Crippen LogP contribution < -0.4 is 5.32 Å². The monoisotopic (exact) mass is 286 g/mol. The van der Waals surface area contributed by atoms with Gasteiger partial charge in [0, 0.05) is 24.2 Å². The molecule has 3 nitrogen and oxygen atoms in total. The van der Waals surface area contributed by atoms with Gasteiger partial charge in [0.05, 0.1) is 12.1 Å². The van der Waals surface area contributed by atoms with Crippen LogP contribution in [-0.4, -0.2) is 35.5 Å². The second-order valence-electron chi connectivity index (χ2n) is 4.56. The van der Waals surface area contributed by atoms with E-state index in [9.17, 15) is 13.6 Å². The predicted octanol–water partition coefficient (Wildman–Crippen LogP) is 2.15. The van der Waals surface area contributed by atoms with Crippen LogP contribution in [0.5, 0.6) is 0 Å². The van der Waals surface area contributed by atoms with Crippen LogP contribution in [0.1, 0.15) is 18.5 Å². The molecule has 2 atom stereocenters. The van der Waals surface area contributed by atoms with Crippen molar-refractivity contribution in [2.45, 2.75) is 19.0 Å². The molecule has 1 amide bonds. The first kappa shape index (κ1) is 14.3. The number of halogens is 2. The van der Waals surface area contributed by atoms with Crippen molar-refractivity contribution in [3.05, 3.63) is 35.4 Å². The molecular formula is C13H16F2N2OS. The van der Waals surface area contributed by atoms with Gasteiger partial charge in [-0.25, -0.2) is 8.78 Å². The Kier molecular flexibility index (Phi) is 4.42. The number of likely N-dealkylation sites (N-methyl/N-ethyl adjacent to an activating group) is 1. The molecule has 2 rings (SSSR count). The predicted molar refractivity (Wildman–Crippen MR) is 71.8 cm³/mol. The number of benzene rings is 1. The molecule has 0 saturated carbocycles. The summed E-state index contributed by atoms with van der Waals surface area (Å²) in [4.78, 5) is 13.6. The van der Waals surface area contributed by atoms with E-state index in [1.165, 1.54) is 4.90 Å². The topological polar surface area (TPSA) is 32.3 Å². The molecule has 1 aliphatic rings. The molecule has 0 bridgehead atoms. The zero-order valence-electron chi connectivity index (χ0n) is 10.8. The fourth-order valence-corrected chi connectivity index (χ4v) is 2.97. The van der Waals surface area contributed by atoms with Crippen molar-refractivity contribution in [2.24, 2.45) is 0 Å². The number of thioether (sulfide) groups is 1. The molecule has 0 spiro atoms. The summed E-state index contributed by atoms with van der Waals surface area (Å²) < 4.78 is 26.9. The standard InChI is InChI=1S/C13H16F2N2OS/c1-8(10-5-9(14)3-4-11(10)15)17(2)13(18)12-6-19-7-16-12/h3-5,8,12,16H,6-7H2,1-2H3. The zero-order valence-corrected chi connectivity index (χ0v) is 11.6. The molecule has 1 saturated heterocycles. The van der Waals surface area contributed by atoms with Crippen LogP contribution in [0.3, 0.4) is 0 Å². The van der Waals surface area contributed by atoms with Crippen LogP contribution in [0.2, 0.25) is 0 Å². The highest BCUT2D eigenvalue weighted by atomic mass is 32.2. The zero-order chi connectivity index (χ0) is 14.0. The van der Waals surface area contributed by atoms with Crippen molar-refractivity contribution >= 4 is 17.7 Å². The average molecular weight is 286 g/mol. The highest BCUT2D eigenvalue weighted by Gasteiger charge is 2.29. The van der Waals surface area contributed by atoms with E-state index in [-0.39, 0.29) is 17.5 Å². The Morgan fingerprint density at radius 3 is 2.89 bits per heavy atom. The molecule has 0 aliphatic carbocycles. The normalized spacial score (nSPS) is 20.3. The molecule has 19 heavy (non-hydrogen) atoms. The first-order chi connectivity index (χ1) is 9.00. The third-order valence-corrected chi connectivity index (χ3v) is 4.29. The number of nitrogens with one attached hydrogen (secondary N) is 1. The van der Waals surface area contributed by atoms with Gasteiger partial charge in [0.25, 0.3) is 0 Å². The van der Waals surface area contributed by atoms with E-state index in [1.807, 2.05) is 0 Å². The Balaban J connectivity index is 2.15. The van der Waals surface area contributed by atoms with Crippen molar-refractivity contribution in [3.8, 4) is 0 Å². The maximum Gasteiger partial charge on any atom is 0.240 e. The number of hydrogen-bond donors (Lipinski definition) is 1. The second kappa shape index (κ2) is 5.88. The fourth-order valence-electron chi connectivity index (χ4n) is 2.03. The van der Waals surface area contributed by atoms with Gasteiger partial charge in [-0.1, -0.05) is 0 Å². The quantitative estimate of drug-likeness (QED) is 0.924. The van der Waals surface area contributed by atoms with Gasteiger partial charge < -0.3 is 4.90 Å². The number of rotatable bonds is 3. The second-order valence-corrected chi connectivity index (χ2v) is 5.59. The molecule has 1 aromatic rings. The molecule has 1 heterocycles. The summed E-state index contributed by atoms with van der Waals surface area (Å²) in [5.74, 6) is 0.358. The largest absolute Gasteiger partial charge is 0.338 e. The van der Waals surface area contributed by atoms with Crippen molar-refractivity contribution in [2.75, 3.05) is 18.7 Å². The summed E-state index contributed by atoms with van der Waals surface area (Å²) in [7, 11) is 1.61. The van der Waals surface area contributed by atoms with E-state index in [2.05, 4.69) is 5.32 Å². The maximum atomic E-state index is 13.7. The summed E-state index contributed by atoms with van der Waals surface area (Å²) in [5.41, 5.74) is 0.196. The lowest BCUT2D eigenvalue weighted by atomic mass is 10.1. The fraction of sp³-hybridized carbons (Fsp3) is 0.462. The summed E-state index contributed by atoms with van der Waals surface area (Å²) in [6.45, 7) is 1.69. The highest BCUT2D eigenvalue weighted by molar-refractivity contribution is 7.99. The molecule has 6 heteroatoms. The van der Waals surface area contributed by atoms with Gasteiger partial charge in [-0.3, -0.25) is 10.1 Å². The summed E-state index contributed by atoms with van der Waals surface area (Å²) in [6, 6.07) is 2.55. The van der Waals surface area contributed by atoms with Crippen LogP contribution in [-0.2, 0) is 4.79 Å². The lowest BCUT2D eigenvalue weighted by molar-refractivity contribution is -0.133. The van der Waals surface area contributed by atoms with Crippen LogP contribution in [0.25, 0.3) is 0 Å². The van der Waals surface area contributed by atoms with Gasteiger partial charge in [-0.05, 0) is 25.1 Å². The third-order valence-electron chi connectivity index (χ3n) is 3.35. The number of hydrogen-bond acceptors (Lipinski definition) is 3. The average Bonchev–Trinajstić information content (AvgIpc) is 2.93. The van der Waals surface area contributed by atoms with Gasteiger partial charge in [0.1, 0.15) is 11.6 Å². The molecule has 1 aromatic carbocycles. The van der Waals surface area contributed by atoms with Gasteiger partial charge >= 0.3 is 0 Å². The Morgan fingerprint density at radius 1 is 1.53 bits per heavy atom. The number of nitrogens with zero attached hydrogens (tertiary/aromatic N) is 1.